The zero-order chi connectivity index (χ0) is 18.9. The van der Waals surface area contributed by atoms with E-state index < -0.39 is 0 Å². The van der Waals surface area contributed by atoms with Crippen LogP contribution in [0.4, 0.5) is 5.69 Å². The van der Waals surface area contributed by atoms with Gasteiger partial charge in [-0.3, -0.25) is 4.79 Å². The highest BCUT2D eigenvalue weighted by Gasteiger charge is 2.06. The molecule has 0 aliphatic heterocycles. The maximum atomic E-state index is 11.9. The molecule has 7 heteroatoms. The molecule has 0 saturated heterocycles. The van der Waals surface area contributed by atoms with Gasteiger partial charge in [-0.05, 0) is 42.3 Å². The van der Waals surface area contributed by atoms with Gasteiger partial charge >= 0.3 is 0 Å². The second-order valence-electron chi connectivity index (χ2n) is 5.59. The number of hydrogen-bond donors (Lipinski definition) is 2. The lowest BCUT2D eigenvalue weighted by atomic mass is 10.1. The van der Waals surface area contributed by atoms with Crippen LogP contribution in [0.3, 0.4) is 0 Å². The molecule has 0 atom stereocenters. The SMILES string of the molecule is COc1ccc(CCNC(=O)CCNc2cc(Cl)ccc2Cl)cc1OC. The molecule has 0 fully saturated rings. The van der Waals surface area contributed by atoms with Gasteiger partial charge in [0.15, 0.2) is 11.5 Å². The quantitative estimate of drug-likeness (QED) is 0.667. The van der Waals surface area contributed by atoms with Crippen molar-refractivity contribution in [3.63, 3.8) is 0 Å². The Morgan fingerprint density at radius 3 is 2.50 bits per heavy atom. The van der Waals surface area contributed by atoms with Gasteiger partial charge in [0, 0.05) is 24.5 Å². The maximum Gasteiger partial charge on any atom is 0.221 e. The Balaban J connectivity index is 1.73. The maximum absolute atomic E-state index is 11.9. The molecule has 0 heterocycles. The molecule has 2 aromatic rings. The number of carbonyl (C=O) groups excluding carboxylic acids is 1. The normalized spacial score (nSPS) is 10.3. The molecule has 0 saturated carbocycles. The van der Waals surface area contributed by atoms with E-state index in [2.05, 4.69) is 10.6 Å². The molecule has 26 heavy (non-hydrogen) atoms. The highest BCUT2D eigenvalue weighted by atomic mass is 35.5. The van der Waals surface area contributed by atoms with Gasteiger partial charge in [0.2, 0.25) is 5.91 Å². The van der Waals surface area contributed by atoms with Crippen molar-refractivity contribution >= 4 is 34.8 Å². The Labute approximate surface area is 163 Å². The zero-order valence-electron chi connectivity index (χ0n) is 14.8. The van der Waals surface area contributed by atoms with Crippen LogP contribution in [0.2, 0.25) is 10.0 Å². The third-order valence-electron chi connectivity index (χ3n) is 3.78. The first-order chi connectivity index (χ1) is 12.5. The lowest BCUT2D eigenvalue weighted by Gasteiger charge is -2.11. The molecule has 0 spiro atoms. The molecule has 140 valence electrons. The number of carbonyl (C=O) groups is 1. The monoisotopic (exact) mass is 396 g/mol. The van der Waals surface area contributed by atoms with Gasteiger partial charge in [-0.1, -0.05) is 29.3 Å². The Morgan fingerprint density at radius 2 is 1.77 bits per heavy atom. The third-order valence-corrected chi connectivity index (χ3v) is 4.34. The van der Waals surface area contributed by atoms with Crippen LogP contribution >= 0.6 is 23.2 Å². The van der Waals surface area contributed by atoms with Crippen LogP contribution in [0.15, 0.2) is 36.4 Å². The minimum absolute atomic E-state index is 0.0314. The van der Waals surface area contributed by atoms with Crippen molar-refractivity contribution in [3.8, 4) is 11.5 Å². The predicted octanol–water partition coefficient (Wildman–Crippen LogP) is 4.17. The Kier molecular flexibility index (Phi) is 7.88. The average Bonchev–Trinajstić information content (AvgIpc) is 2.64. The molecule has 0 unspecified atom stereocenters. The zero-order valence-corrected chi connectivity index (χ0v) is 16.3. The summed E-state index contributed by atoms with van der Waals surface area (Å²) >= 11 is 12.0. The largest absolute Gasteiger partial charge is 0.493 e. The van der Waals surface area contributed by atoms with E-state index in [0.29, 0.717) is 47.5 Å². The van der Waals surface area contributed by atoms with Crippen LogP contribution < -0.4 is 20.1 Å². The molecule has 2 N–H and O–H groups in total. The number of amides is 1. The number of benzene rings is 2. The van der Waals surface area contributed by atoms with E-state index in [1.165, 1.54) is 0 Å². The lowest BCUT2D eigenvalue weighted by molar-refractivity contribution is -0.120. The van der Waals surface area contributed by atoms with Gasteiger partial charge in [0.25, 0.3) is 0 Å². The standard InChI is InChI=1S/C19H22Cl2N2O3/c1-25-17-6-3-13(11-18(17)26-2)7-9-23-19(24)8-10-22-16-12-14(20)4-5-15(16)21/h3-6,11-12,22H,7-10H2,1-2H3,(H,23,24). The fraction of sp³-hybridized carbons (Fsp3) is 0.316. The van der Waals surface area contributed by atoms with Crippen LogP contribution in [0.5, 0.6) is 11.5 Å². The summed E-state index contributed by atoms with van der Waals surface area (Å²) in [5, 5.41) is 7.18. The molecule has 2 rings (SSSR count). The Morgan fingerprint density at radius 1 is 1.00 bits per heavy atom. The van der Waals surface area contributed by atoms with Gasteiger partial charge in [-0.25, -0.2) is 0 Å². The number of hydrogen-bond acceptors (Lipinski definition) is 4. The Hall–Kier alpha value is -2.11. The van der Waals surface area contributed by atoms with Crippen LogP contribution in [-0.2, 0) is 11.2 Å². The number of rotatable bonds is 9. The summed E-state index contributed by atoms with van der Waals surface area (Å²) in [5.74, 6) is 1.33. The number of anilines is 1. The van der Waals surface area contributed by atoms with Crippen LogP contribution in [-0.4, -0.2) is 33.2 Å². The van der Waals surface area contributed by atoms with E-state index in [9.17, 15) is 4.79 Å². The molecule has 0 aliphatic rings. The number of nitrogens with one attached hydrogen (secondary N) is 2. The molecule has 2 aromatic carbocycles. The molecule has 0 aromatic heterocycles. The van der Waals surface area contributed by atoms with Crippen LogP contribution in [0.1, 0.15) is 12.0 Å². The molecule has 5 nitrogen and oxygen atoms in total. The van der Waals surface area contributed by atoms with Gasteiger partial charge in [0.1, 0.15) is 0 Å². The Bertz CT molecular complexity index is 754. The van der Waals surface area contributed by atoms with Gasteiger partial charge in [-0.15, -0.1) is 0 Å². The summed E-state index contributed by atoms with van der Waals surface area (Å²) in [6.07, 6.45) is 1.05. The highest BCUT2D eigenvalue weighted by Crippen LogP contribution is 2.27. The van der Waals surface area contributed by atoms with Crippen molar-refractivity contribution in [2.24, 2.45) is 0 Å². The first kappa shape index (κ1) is 20.2. The topological polar surface area (TPSA) is 59.6 Å². The first-order valence-corrected chi connectivity index (χ1v) is 8.95. The fourth-order valence-electron chi connectivity index (χ4n) is 2.41. The third kappa shape index (κ3) is 6.00. The lowest BCUT2D eigenvalue weighted by Crippen LogP contribution is -2.27. The fourth-order valence-corrected chi connectivity index (χ4v) is 2.77. The smallest absolute Gasteiger partial charge is 0.221 e. The van der Waals surface area contributed by atoms with Gasteiger partial charge < -0.3 is 20.1 Å². The summed E-state index contributed by atoms with van der Waals surface area (Å²) in [7, 11) is 3.20. The summed E-state index contributed by atoms with van der Waals surface area (Å²) in [5.41, 5.74) is 1.78. The van der Waals surface area contributed by atoms with Crippen molar-refractivity contribution < 1.29 is 14.3 Å². The highest BCUT2D eigenvalue weighted by molar-refractivity contribution is 6.35. The predicted molar refractivity (Wildman–Crippen MR) is 106 cm³/mol. The minimum atomic E-state index is -0.0314. The van der Waals surface area contributed by atoms with Crippen molar-refractivity contribution in [3.05, 3.63) is 52.0 Å². The first-order valence-electron chi connectivity index (χ1n) is 8.20. The molecular weight excluding hydrogens is 375 g/mol. The van der Waals surface area contributed by atoms with Gasteiger partial charge in [-0.2, -0.15) is 0 Å². The molecule has 0 aliphatic carbocycles. The number of ether oxygens (including phenoxy) is 2. The summed E-state index contributed by atoms with van der Waals surface area (Å²) < 4.78 is 10.5. The molecule has 1 amide bonds. The molecular formula is C19H22Cl2N2O3. The van der Waals surface area contributed by atoms with Gasteiger partial charge in [0.05, 0.1) is 24.9 Å². The van der Waals surface area contributed by atoms with E-state index in [1.807, 2.05) is 18.2 Å². The number of halogens is 2. The minimum Gasteiger partial charge on any atom is -0.493 e. The van der Waals surface area contributed by atoms with Crippen molar-refractivity contribution in [1.29, 1.82) is 0 Å². The summed E-state index contributed by atoms with van der Waals surface area (Å²) in [6.45, 7) is 1.02. The summed E-state index contributed by atoms with van der Waals surface area (Å²) in [6, 6.07) is 10.9. The van der Waals surface area contributed by atoms with Crippen LogP contribution in [0, 0.1) is 0 Å². The molecule has 0 radical (unpaired) electrons. The average molecular weight is 397 g/mol. The van der Waals surface area contributed by atoms with E-state index in [1.54, 1.807) is 32.4 Å². The van der Waals surface area contributed by atoms with E-state index >= 15 is 0 Å². The second-order valence-corrected chi connectivity index (χ2v) is 6.43. The second kappa shape index (κ2) is 10.1. The van der Waals surface area contributed by atoms with Crippen LogP contribution in [0.25, 0.3) is 0 Å². The van der Waals surface area contributed by atoms with E-state index in [0.717, 1.165) is 11.3 Å². The van der Waals surface area contributed by atoms with Crippen molar-refractivity contribution in [2.45, 2.75) is 12.8 Å². The molecule has 0 bridgehead atoms. The summed E-state index contributed by atoms with van der Waals surface area (Å²) in [4.78, 5) is 11.9. The van der Waals surface area contributed by atoms with E-state index in [4.69, 9.17) is 32.7 Å². The number of methoxy groups -OCH3 is 2. The van der Waals surface area contributed by atoms with E-state index in [-0.39, 0.29) is 5.91 Å². The van der Waals surface area contributed by atoms with Crippen molar-refractivity contribution in [1.82, 2.24) is 5.32 Å². The van der Waals surface area contributed by atoms with Crippen molar-refractivity contribution in [2.75, 3.05) is 32.6 Å².